The van der Waals surface area contributed by atoms with E-state index in [-0.39, 0.29) is 5.82 Å². The molecule has 0 bridgehead atoms. The lowest BCUT2D eigenvalue weighted by Crippen LogP contribution is -1.98. The number of halogens is 1. The summed E-state index contributed by atoms with van der Waals surface area (Å²) in [6, 6.07) is 14.9. The molecule has 0 amide bonds. The summed E-state index contributed by atoms with van der Waals surface area (Å²) in [6.45, 7) is 2.65. The van der Waals surface area contributed by atoms with Crippen molar-refractivity contribution in [3.8, 4) is 0 Å². The Morgan fingerprint density at radius 3 is 2.81 bits per heavy atom. The molecule has 4 aromatic rings. The number of hydrazone groups is 1. The quantitative estimate of drug-likeness (QED) is 0.398. The second-order valence-electron chi connectivity index (χ2n) is 6.05. The Morgan fingerprint density at radius 1 is 1.19 bits per heavy atom. The van der Waals surface area contributed by atoms with Gasteiger partial charge in [-0.15, -0.1) is 11.3 Å². The number of hydrogen-bond donors (Lipinski definition) is 1. The van der Waals surface area contributed by atoms with Crippen LogP contribution in [0.4, 0.5) is 9.52 Å². The zero-order valence-corrected chi connectivity index (χ0v) is 15.0. The molecular formula is C20H17FN4S. The maximum absolute atomic E-state index is 13.1. The highest BCUT2D eigenvalue weighted by Crippen LogP contribution is 2.19. The molecule has 26 heavy (non-hydrogen) atoms. The van der Waals surface area contributed by atoms with Gasteiger partial charge in [0.2, 0.25) is 5.13 Å². The molecule has 0 fully saturated rings. The SMILES string of the molecule is Cc1csc(NN=Cc2ccc3ccn(Cc4ccc(F)cc4)c3c2)n1. The molecule has 0 aliphatic carbocycles. The van der Waals surface area contributed by atoms with Crippen molar-refractivity contribution < 1.29 is 4.39 Å². The fraction of sp³-hybridized carbons (Fsp3) is 0.100. The first-order valence-corrected chi connectivity index (χ1v) is 9.10. The summed E-state index contributed by atoms with van der Waals surface area (Å²) in [6.07, 6.45) is 3.83. The lowest BCUT2D eigenvalue weighted by molar-refractivity contribution is 0.626. The molecule has 0 saturated heterocycles. The predicted octanol–water partition coefficient (Wildman–Crippen LogP) is 5.04. The minimum atomic E-state index is -0.215. The average molecular weight is 364 g/mol. The number of aryl methyl sites for hydroxylation is 1. The van der Waals surface area contributed by atoms with Gasteiger partial charge in [0.25, 0.3) is 0 Å². The van der Waals surface area contributed by atoms with Gasteiger partial charge in [-0.05, 0) is 47.7 Å². The molecule has 2 aromatic heterocycles. The molecule has 130 valence electrons. The number of hydrogen-bond acceptors (Lipinski definition) is 4. The number of nitrogens with one attached hydrogen (secondary N) is 1. The first-order chi connectivity index (χ1) is 12.7. The van der Waals surface area contributed by atoms with Crippen LogP contribution in [0.15, 0.2) is 65.2 Å². The van der Waals surface area contributed by atoms with Crippen LogP contribution in [0.5, 0.6) is 0 Å². The first-order valence-electron chi connectivity index (χ1n) is 8.22. The highest BCUT2D eigenvalue weighted by Gasteiger charge is 2.03. The van der Waals surface area contributed by atoms with Crippen LogP contribution in [-0.2, 0) is 6.54 Å². The minimum absolute atomic E-state index is 0.215. The number of thiazole rings is 1. The summed E-state index contributed by atoms with van der Waals surface area (Å²) < 4.78 is 15.2. The van der Waals surface area contributed by atoms with E-state index in [0.717, 1.165) is 32.9 Å². The molecule has 0 aliphatic rings. The maximum Gasteiger partial charge on any atom is 0.203 e. The van der Waals surface area contributed by atoms with Gasteiger partial charge in [-0.2, -0.15) is 5.10 Å². The molecule has 2 heterocycles. The molecule has 0 atom stereocenters. The molecule has 0 unspecified atom stereocenters. The summed E-state index contributed by atoms with van der Waals surface area (Å²) in [7, 11) is 0. The normalized spacial score (nSPS) is 11.5. The van der Waals surface area contributed by atoms with E-state index in [2.05, 4.69) is 38.3 Å². The second kappa shape index (κ2) is 7.09. The number of fused-ring (bicyclic) bond motifs is 1. The van der Waals surface area contributed by atoms with Crippen LogP contribution in [0, 0.1) is 12.7 Å². The lowest BCUT2D eigenvalue weighted by atomic mass is 10.1. The van der Waals surface area contributed by atoms with Gasteiger partial charge in [-0.25, -0.2) is 9.37 Å². The molecule has 0 spiro atoms. The van der Waals surface area contributed by atoms with E-state index in [4.69, 9.17) is 0 Å². The standard InChI is InChI=1S/C20H17FN4S/c1-14-13-26-20(23-14)24-22-11-16-2-5-17-8-9-25(19(17)10-16)12-15-3-6-18(21)7-4-15/h2-11,13H,12H2,1H3,(H,23,24). The van der Waals surface area contributed by atoms with Crippen molar-refractivity contribution in [1.29, 1.82) is 0 Å². The van der Waals surface area contributed by atoms with Gasteiger partial charge in [-0.1, -0.05) is 24.3 Å². The fourth-order valence-corrected chi connectivity index (χ4v) is 3.41. The Hall–Kier alpha value is -2.99. The molecule has 4 rings (SSSR count). The van der Waals surface area contributed by atoms with Crippen molar-refractivity contribution in [2.75, 3.05) is 5.43 Å². The zero-order chi connectivity index (χ0) is 17.9. The van der Waals surface area contributed by atoms with E-state index in [1.54, 1.807) is 6.21 Å². The van der Waals surface area contributed by atoms with Crippen LogP contribution in [-0.4, -0.2) is 15.8 Å². The third kappa shape index (κ3) is 3.65. The molecule has 0 saturated carbocycles. The van der Waals surface area contributed by atoms with Crippen LogP contribution in [0.1, 0.15) is 16.8 Å². The number of benzene rings is 2. The van der Waals surface area contributed by atoms with Crippen molar-refractivity contribution in [3.63, 3.8) is 0 Å². The van der Waals surface area contributed by atoms with E-state index in [9.17, 15) is 4.39 Å². The van der Waals surface area contributed by atoms with E-state index >= 15 is 0 Å². The molecular weight excluding hydrogens is 347 g/mol. The van der Waals surface area contributed by atoms with Crippen LogP contribution >= 0.6 is 11.3 Å². The topological polar surface area (TPSA) is 42.2 Å². The number of anilines is 1. The summed E-state index contributed by atoms with van der Waals surface area (Å²) in [5.74, 6) is -0.215. The molecule has 0 aliphatic heterocycles. The Bertz CT molecular complexity index is 1060. The molecule has 1 N–H and O–H groups in total. The van der Waals surface area contributed by atoms with Gasteiger partial charge in [-0.3, -0.25) is 5.43 Å². The number of nitrogens with zero attached hydrogens (tertiary/aromatic N) is 3. The van der Waals surface area contributed by atoms with Gasteiger partial charge >= 0.3 is 0 Å². The fourth-order valence-electron chi connectivity index (χ4n) is 2.77. The molecule has 2 aromatic carbocycles. The summed E-state index contributed by atoms with van der Waals surface area (Å²) >= 11 is 1.53. The zero-order valence-electron chi connectivity index (χ0n) is 14.2. The van der Waals surface area contributed by atoms with Crippen LogP contribution < -0.4 is 5.43 Å². The highest BCUT2D eigenvalue weighted by atomic mass is 32.1. The van der Waals surface area contributed by atoms with Crippen molar-refractivity contribution in [2.24, 2.45) is 5.10 Å². The Kier molecular flexibility index (Phi) is 4.50. The average Bonchev–Trinajstić information content (AvgIpc) is 3.23. The molecule has 0 radical (unpaired) electrons. The minimum Gasteiger partial charge on any atom is -0.343 e. The monoisotopic (exact) mass is 364 g/mol. The van der Waals surface area contributed by atoms with E-state index in [1.807, 2.05) is 36.7 Å². The van der Waals surface area contributed by atoms with Gasteiger partial charge in [0.05, 0.1) is 11.9 Å². The third-order valence-electron chi connectivity index (χ3n) is 4.06. The Morgan fingerprint density at radius 2 is 2.04 bits per heavy atom. The van der Waals surface area contributed by atoms with Crippen molar-refractivity contribution in [3.05, 3.63) is 82.7 Å². The molecule has 4 nitrogen and oxygen atoms in total. The summed E-state index contributed by atoms with van der Waals surface area (Å²) in [5, 5.41) is 8.18. The largest absolute Gasteiger partial charge is 0.343 e. The van der Waals surface area contributed by atoms with Gasteiger partial charge in [0.15, 0.2) is 0 Å². The predicted molar refractivity (Wildman–Crippen MR) is 106 cm³/mol. The van der Waals surface area contributed by atoms with Crippen molar-refractivity contribution >= 4 is 33.6 Å². The lowest BCUT2D eigenvalue weighted by Gasteiger charge is -2.06. The molecule has 6 heteroatoms. The van der Waals surface area contributed by atoms with Crippen LogP contribution in [0.25, 0.3) is 10.9 Å². The van der Waals surface area contributed by atoms with Gasteiger partial charge in [0.1, 0.15) is 5.82 Å². The Balaban J connectivity index is 1.54. The first kappa shape index (κ1) is 16.5. The summed E-state index contributed by atoms with van der Waals surface area (Å²) in [4.78, 5) is 4.31. The Labute approximate surface area is 154 Å². The summed E-state index contributed by atoms with van der Waals surface area (Å²) in [5.41, 5.74) is 7.10. The van der Waals surface area contributed by atoms with E-state index < -0.39 is 0 Å². The van der Waals surface area contributed by atoms with E-state index in [1.165, 1.54) is 23.5 Å². The van der Waals surface area contributed by atoms with Crippen molar-refractivity contribution in [1.82, 2.24) is 9.55 Å². The smallest absolute Gasteiger partial charge is 0.203 e. The van der Waals surface area contributed by atoms with E-state index in [0.29, 0.717) is 6.54 Å². The van der Waals surface area contributed by atoms with Gasteiger partial charge < -0.3 is 4.57 Å². The number of rotatable bonds is 5. The number of aromatic nitrogens is 2. The van der Waals surface area contributed by atoms with Crippen molar-refractivity contribution in [2.45, 2.75) is 13.5 Å². The second-order valence-corrected chi connectivity index (χ2v) is 6.91. The third-order valence-corrected chi connectivity index (χ3v) is 4.92. The van der Waals surface area contributed by atoms with Crippen LogP contribution in [0.2, 0.25) is 0 Å². The highest BCUT2D eigenvalue weighted by molar-refractivity contribution is 7.13. The van der Waals surface area contributed by atoms with Gasteiger partial charge in [0, 0.05) is 23.6 Å². The maximum atomic E-state index is 13.1. The van der Waals surface area contributed by atoms with Crippen LogP contribution in [0.3, 0.4) is 0 Å².